The fraction of sp³-hybridized carbons (Fsp3) is 0.500. The molecule has 1 saturated heterocycles. The van der Waals surface area contributed by atoms with E-state index in [2.05, 4.69) is 71.1 Å². The monoisotopic (exact) mass is 298 g/mol. The molecule has 1 aromatic heterocycles. The van der Waals surface area contributed by atoms with Gasteiger partial charge in [0.2, 0.25) is 0 Å². The third kappa shape index (κ3) is 3.17. The number of nitrogens with one attached hydrogen (secondary N) is 1. The van der Waals surface area contributed by atoms with E-state index in [1.807, 2.05) is 0 Å². The highest BCUT2D eigenvalue weighted by molar-refractivity contribution is 5.47. The van der Waals surface area contributed by atoms with Crippen molar-refractivity contribution < 1.29 is 0 Å². The number of hydrogen-bond acceptors (Lipinski definition) is 3. The lowest BCUT2D eigenvalue weighted by Gasteiger charge is -2.19. The molecule has 0 unspecified atom stereocenters. The van der Waals surface area contributed by atoms with Gasteiger partial charge in [-0.05, 0) is 44.9 Å². The minimum atomic E-state index is 0.582. The summed E-state index contributed by atoms with van der Waals surface area (Å²) >= 11 is 0. The molecule has 22 heavy (non-hydrogen) atoms. The number of anilines is 1. The zero-order valence-corrected chi connectivity index (χ0v) is 13.8. The van der Waals surface area contributed by atoms with E-state index in [4.69, 9.17) is 0 Å². The molecule has 2 aromatic rings. The molecule has 0 saturated carbocycles. The van der Waals surface area contributed by atoms with Crippen LogP contribution in [0.2, 0.25) is 0 Å². The average molecular weight is 298 g/mol. The van der Waals surface area contributed by atoms with Gasteiger partial charge in [-0.25, -0.2) is 0 Å². The highest BCUT2D eigenvalue weighted by atomic mass is 15.3. The number of nitrogens with zero attached hydrogens (tertiary/aromatic N) is 3. The number of benzene rings is 1. The van der Waals surface area contributed by atoms with Gasteiger partial charge in [0.15, 0.2) is 0 Å². The average Bonchev–Trinajstić information content (AvgIpc) is 3.10. The fourth-order valence-corrected chi connectivity index (χ4v) is 3.18. The second kappa shape index (κ2) is 6.53. The number of aryl methyl sites for hydroxylation is 1. The van der Waals surface area contributed by atoms with Crippen LogP contribution in [0, 0.1) is 20.8 Å². The Morgan fingerprint density at radius 1 is 1.18 bits per heavy atom. The van der Waals surface area contributed by atoms with Crippen molar-refractivity contribution in [3.63, 3.8) is 0 Å². The van der Waals surface area contributed by atoms with Crippen LogP contribution in [0.5, 0.6) is 0 Å². The standard InChI is InChI=1S/C18H26N4/c1-14-15(2)20-22(16(14)3)12-10-19-17-9-11-21(13-17)18-7-5-4-6-8-18/h4-8,17,19H,9-13H2,1-3H3/t17-/m1/s1. The van der Waals surface area contributed by atoms with E-state index in [9.17, 15) is 0 Å². The Hall–Kier alpha value is -1.81. The maximum absolute atomic E-state index is 4.60. The highest BCUT2D eigenvalue weighted by Crippen LogP contribution is 2.19. The van der Waals surface area contributed by atoms with Gasteiger partial charge in [0.25, 0.3) is 0 Å². The Morgan fingerprint density at radius 3 is 2.64 bits per heavy atom. The first-order valence-corrected chi connectivity index (χ1v) is 8.19. The fourth-order valence-electron chi connectivity index (χ4n) is 3.18. The van der Waals surface area contributed by atoms with Crippen LogP contribution in [0.1, 0.15) is 23.4 Å². The van der Waals surface area contributed by atoms with Crippen LogP contribution in [0.15, 0.2) is 30.3 Å². The summed E-state index contributed by atoms with van der Waals surface area (Å²) in [7, 11) is 0. The van der Waals surface area contributed by atoms with E-state index < -0.39 is 0 Å². The lowest BCUT2D eigenvalue weighted by molar-refractivity contribution is 0.490. The second-order valence-electron chi connectivity index (χ2n) is 6.24. The molecule has 1 atom stereocenters. The van der Waals surface area contributed by atoms with Crippen molar-refractivity contribution in [3.05, 3.63) is 47.3 Å². The number of para-hydroxylation sites is 1. The van der Waals surface area contributed by atoms with E-state index >= 15 is 0 Å². The Balaban J connectivity index is 1.48. The Morgan fingerprint density at radius 2 is 1.95 bits per heavy atom. The molecule has 3 rings (SSSR count). The SMILES string of the molecule is Cc1nn(CCN[C@@H]2CCN(c3ccccc3)C2)c(C)c1C. The Kier molecular flexibility index (Phi) is 4.48. The van der Waals surface area contributed by atoms with E-state index in [0.29, 0.717) is 6.04 Å². The van der Waals surface area contributed by atoms with Crippen LogP contribution in [-0.4, -0.2) is 35.5 Å². The Bertz CT molecular complexity index is 618. The summed E-state index contributed by atoms with van der Waals surface area (Å²) in [5.74, 6) is 0. The van der Waals surface area contributed by atoms with E-state index in [1.54, 1.807) is 0 Å². The third-order valence-electron chi connectivity index (χ3n) is 4.81. The van der Waals surface area contributed by atoms with E-state index in [1.165, 1.54) is 23.4 Å². The molecule has 0 amide bonds. The van der Waals surface area contributed by atoms with Gasteiger partial charge in [0, 0.05) is 37.1 Å². The maximum atomic E-state index is 4.60. The van der Waals surface area contributed by atoms with Crippen molar-refractivity contribution >= 4 is 5.69 Å². The quantitative estimate of drug-likeness (QED) is 0.921. The predicted octanol–water partition coefficient (Wildman–Crippen LogP) is 2.68. The first-order valence-electron chi connectivity index (χ1n) is 8.19. The van der Waals surface area contributed by atoms with Crippen LogP contribution < -0.4 is 10.2 Å². The van der Waals surface area contributed by atoms with Crippen LogP contribution >= 0.6 is 0 Å². The van der Waals surface area contributed by atoms with Crippen LogP contribution in [0.3, 0.4) is 0 Å². The topological polar surface area (TPSA) is 33.1 Å². The normalized spacial score (nSPS) is 18.1. The molecule has 0 radical (unpaired) electrons. The second-order valence-corrected chi connectivity index (χ2v) is 6.24. The van der Waals surface area contributed by atoms with Crippen LogP contribution in [0.4, 0.5) is 5.69 Å². The van der Waals surface area contributed by atoms with Crippen LogP contribution in [-0.2, 0) is 6.54 Å². The molecule has 1 aliphatic heterocycles. The zero-order valence-electron chi connectivity index (χ0n) is 13.8. The van der Waals surface area contributed by atoms with Crippen molar-refractivity contribution in [3.8, 4) is 0 Å². The van der Waals surface area contributed by atoms with Crippen molar-refractivity contribution in [2.24, 2.45) is 0 Å². The molecule has 2 heterocycles. The maximum Gasteiger partial charge on any atom is 0.0625 e. The highest BCUT2D eigenvalue weighted by Gasteiger charge is 2.21. The molecule has 1 fully saturated rings. The summed E-state index contributed by atoms with van der Waals surface area (Å²) in [5, 5.41) is 8.29. The lowest BCUT2D eigenvalue weighted by atomic mass is 10.2. The van der Waals surface area contributed by atoms with Gasteiger partial charge in [-0.2, -0.15) is 5.10 Å². The van der Waals surface area contributed by atoms with E-state index in [0.717, 1.165) is 31.9 Å². The summed E-state index contributed by atoms with van der Waals surface area (Å²) in [4.78, 5) is 2.46. The minimum Gasteiger partial charge on any atom is -0.370 e. The molecule has 0 aliphatic carbocycles. The molecule has 118 valence electrons. The molecule has 0 spiro atoms. The Labute approximate surface area is 133 Å². The molecule has 4 heteroatoms. The lowest BCUT2D eigenvalue weighted by Crippen LogP contribution is -2.34. The third-order valence-corrected chi connectivity index (χ3v) is 4.81. The number of rotatable bonds is 5. The molecule has 0 bridgehead atoms. The van der Waals surface area contributed by atoms with Crippen molar-refractivity contribution in [2.75, 3.05) is 24.5 Å². The predicted molar refractivity (Wildman–Crippen MR) is 91.5 cm³/mol. The largest absolute Gasteiger partial charge is 0.370 e. The van der Waals surface area contributed by atoms with Crippen molar-refractivity contribution in [1.82, 2.24) is 15.1 Å². The van der Waals surface area contributed by atoms with Crippen LogP contribution in [0.25, 0.3) is 0 Å². The van der Waals surface area contributed by atoms with Gasteiger partial charge in [-0.15, -0.1) is 0 Å². The molecular weight excluding hydrogens is 272 g/mol. The van der Waals surface area contributed by atoms with Gasteiger partial charge < -0.3 is 10.2 Å². The van der Waals surface area contributed by atoms with Crippen molar-refractivity contribution in [1.29, 1.82) is 0 Å². The van der Waals surface area contributed by atoms with Gasteiger partial charge in [-0.1, -0.05) is 18.2 Å². The van der Waals surface area contributed by atoms with Gasteiger partial charge >= 0.3 is 0 Å². The summed E-state index contributed by atoms with van der Waals surface area (Å²) < 4.78 is 2.13. The first kappa shape index (κ1) is 15.1. The number of hydrogen-bond donors (Lipinski definition) is 1. The molecular formula is C18H26N4. The summed E-state index contributed by atoms with van der Waals surface area (Å²) in [5.41, 5.74) is 5.09. The summed E-state index contributed by atoms with van der Waals surface area (Å²) in [6, 6.07) is 11.3. The molecule has 1 aromatic carbocycles. The molecule has 1 aliphatic rings. The molecule has 1 N–H and O–H groups in total. The minimum absolute atomic E-state index is 0.582. The van der Waals surface area contributed by atoms with Gasteiger partial charge in [0.05, 0.1) is 12.2 Å². The smallest absolute Gasteiger partial charge is 0.0625 e. The summed E-state index contributed by atoms with van der Waals surface area (Å²) in [6.07, 6.45) is 1.21. The summed E-state index contributed by atoms with van der Waals surface area (Å²) in [6.45, 7) is 10.6. The number of aromatic nitrogens is 2. The zero-order chi connectivity index (χ0) is 15.5. The molecule has 4 nitrogen and oxygen atoms in total. The van der Waals surface area contributed by atoms with Crippen molar-refractivity contribution in [2.45, 2.75) is 39.8 Å². The van der Waals surface area contributed by atoms with Gasteiger partial charge in [0.1, 0.15) is 0 Å². The van der Waals surface area contributed by atoms with Gasteiger partial charge in [-0.3, -0.25) is 4.68 Å². The first-order chi connectivity index (χ1) is 10.6. The van der Waals surface area contributed by atoms with E-state index in [-0.39, 0.29) is 0 Å².